The Hall–Kier alpha value is -6.19. The van der Waals surface area contributed by atoms with Gasteiger partial charge in [-0.05, 0) is 315 Å². The van der Waals surface area contributed by atoms with Gasteiger partial charge in [-0.15, -0.1) is 0 Å². The minimum Gasteiger partial charge on any atom is -0.545 e. The number of hydrogen-bond acceptors (Lipinski definition) is 18. The summed E-state index contributed by atoms with van der Waals surface area (Å²) < 4.78 is 6.10. The van der Waals surface area contributed by atoms with Gasteiger partial charge in [0.25, 0.3) is 0 Å². The predicted octanol–water partition coefficient (Wildman–Crippen LogP) is 8.69. The zero-order chi connectivity index (χ0) is 69.8. The van der Waals surface area contributed by atoms with Crippen LogP contribution in [0.1, 0.15) is 62.1 Å². The average molecular weight is 2330 g/mol. The molecule has 0 amide bonds. The van der Waals surface area contributed by atoms with E-state index < -0.39 is 35.8 Å². The van der Waals surface area contributed by atoms with Crippen molar-refractivity contribution in [3.05, 3.63) is 334 Å². The number of hydrogen-bond donors (Lipinski definition) is 0. The molecule has 28 heteroatoms. The largest absolute Gasteiger partial charge is 3.00 e. The number of halogens is 6. The van der Waals surface area contributed by atoms with Gasteiger partial charge in [0.1, 0.15) is 0 Å². The van der Waals surface area contributed by atoms with E-state index in [4.69, 9.17) is 0 Å². The second kappa shape index (κ2) is 51.0. The molecule has 0 saturated heterocycles. The van der Waals surface area contributed by atoms with Crippen LogP contribution in [0, 0.1) is 95.2 Å². The molecule has 0 aliphatic rings. The molecule has 12 rings (SSSR count). The van der Waals surface area contributed by atoms with Crippen LogP contribution in [-0.4, -0.2) is 76.7 Å². The molecule has 0 unspecified atom stereocenters. The Morgan fingerprint density at radius 1 is 0.210 bits per heavy atom. The molecule has 0 bridgehead atoms. The van der Waals surface area contributed by atoms with Gasteiger partial charge in [-0.3, -0.25) is 19.9 Å². The van der Waals surface area contributed by atoms with Crippen molar-refractivity contribution in [1.29, 1.82) is 0 Å². The fraction of sp³-hybridized carbons (Fsp3) is 0. The van der Waals surface area contributed by atoms with Gasteiger partial charge in [0.05, 0.1) is 81.4 Å². The zero-order valence-electron chi connectivity index (χ0n) is 50.9. The summed E-state index contributed by atoms with van der Waals surface area (Å²) in [5.74, 6) is -6.77. The van der Waals surface area contributed by atoms with E-state index in [0.29, 0.717) is 0 Å². The Balaban J connectivity index is 0.000000577. The Morgan fingerprint density at radius 2 is 0.350 bits per heavy atom. The molecule has 0 aliphatic carbocycles. The van der Waals surface area contributed by atoms with Crippen LogP contribution in [0.25, 0.3) is 45.6 Å². The van der Waals surface area contributed by atoms with Gasteiger partial charge in [0.15, 0.2) is 0 Å². The molecule has 0 saturated carbocycles. The van der Waals surface area contributed by atoms with Crippen LogP contribution in [0.2, 0.25) is 0 Å². The summed E-state index contributed by atoms with van der Waals surface area (Å²) in [7, 11) is 0. The molecule has 0 radical (unpaired) electrons. The van der Waals surface area contributed by atoms with Gasteiger partial charge < -0.3 is 70.4 Å². The summed E-state index contributed by atoms with van der Waals surface area (Å²) in [5.41, 5.74) is 8.26. The Bertz CT molecular complexity index is 3750. The van der Waals surface area contributed by atoms with Crippen molar-refractivity contribution in [2.75, 3.05) is 0 Å². The van der Waals surface area contributed by atoms with Crippen molar-refractivity contribution >= 4 is 171 Å². The minimum absolute atomic E-state index is 0. The van der Waals surface area contributed by atoms with Crippen molar-refractivity contribution in [3.63, 3.8) is 0 Å². The summed E-state index contributed by atoms with van der Waals surface area (Å²) in [5, 5.41) is 61.2. The number of aromatic nitrogens is 6. The summed E-state index contributed by atoms with van der Waals surface area (Å²) in [4.78, 5) is 87.6. The summed E-state index contributed by atoms with van der Waals surface area (Å²) in [6.07, 6.45) is 7.07. The van der Waals surface area contributed by atoms with Crippen LogP contribution in [-0.2, 0) is 0 Å². The van der Waals surface area contributed by atoms with Crippen LogP contribution in [0.5, 0.6) is 0 Å². The maximum absolute atomic E-state index is 10.2. The first-order valence-electron chi connectivity index (χ1n) is 27.5. The van der Waals surface area contributed by atoms with Gasteiger partial charge in [-0.25, -0.2) is 9.97 Å². The molecule has 0 fully saturated rings. The van der Waals surface area contributed by atoms with Gasteiger partial charge >= 0.3 is 73.7 Å². The summed E-state index contributed by atoms with van der Waals surface area (Å²) >= 11 is 12.6. The molecule has 524 valence electrons. The van der Waals surface area contributed by atoms with Gasteiger partial charge in [0, 0.05) is 46.2 Å². The number of carbonyl (C=O) groups excluding carboxylic acids is 6. The predicted molar refractivity (Wildman–Crippen MR) is 410 cm³/mol. The van der Waals surface area contributed by atoms with E-state index in [0.717, 1.165) is 67.0 Å². The minimum atomic E-state index is -1.13. The van der Waals surface area contributed by atoms with Crippen LogP contribution in [0.15, 0.2) is 280 Å². The van der Waals surface area contributed by atoms with E-state index in [-0.39, 0.29) is 118 Å². The normalized spacial score (nSPS) is 9.26. The van der Waals surface area contributed by atoms with Crippen molar-refractivity contribution in [1.82, 2.24) is 29.9 Å². The topological polar surface area (TPSA) is 381 Å². The average Bonchev–Trinajstić information content (AvgIpc) is 0.848. The van der Waals surface area contributed by atoms with Crippen LogP contribution >= 0.6 is 136 Å². The fourth-order valence-electron chi connectivity index (χ4n) is 7.01. The third kappa shape index (κ3) is 35.6. The van der Waals surface area contributed by atoms with Crippen LogP contribution in [0.3, 0.4) is 0 Å². The molecule has 0 aliphatic heterocycles. The number of benzene rings is 6. The molecule has 0 spiro atoms. The number of nitrogens with zero attached hydrogens (tertiary/aromatic N) is 6. The van der Waals surface area contributed by atoms with Gasteiger partial charge in [0.2, 0.25) is 0 Å². The quantitative estimate of drug-likeness (QED) is 0.115. The van der Waals surface area contributed by atoms with E-state index in [1.807, 2.05) is 109 Å². The first-order chi connectivity index (χ1) is 46.1. The van der Waals surface area contributed by atoms with Crippen molar-refractivity contribution in [2.24, 2.45) is 0 Å². The van der Waals surface area contributed by atoms with E-state index >= 15 is 0 Å². The van der Waals surface area contributed by atoms with Crippen LogP contribution in [0.4, 0.5) is 0 Å². The second-order valence-electron chi connectivity index (χ2n) is 18.4. The maximum atomic E-state index is 10.2. The second-order valence-corrected chi connectivity index (χ2v) is 25.9. The Labute approximate surface area is 714 Å². The number of carboxylic acids is 6. The summed E-state index contributed by atoms with van der Waals surface area (Å²) in [6, 6.07) is 74.0. The van der Waals surface area contributed by atoms with E-state index in [1.165, 1.54) is 72.8 Å². The molecule has 100 heavy (non-hydrogen) atoms. The molecule has 12 aromatic rings. The SMILES string of the molecule is O.O.O=C([O-])c1ccc(I)cc1.O=C([O-])c1ccc(I)cc1.O=C([O-])c1ccc(I)cc1.O=C([O-])c1ccc(I)cc1.O=C([O-])c1ccc(I)cc1.O=C([O-])c1ccc(I)cc1.[Lu+3].[Lu+3].c1ccc(-c2cccc(-c3ccccn3)n2)nc1.c1ccc(-c2cccc(-c3ccccn3)n2)nc1. The van der Waals surface area contributed by atoms with Crippen molar-refractivity contribution in [3.8, 4) is 45.6 Å². The van der Waals surface area contributed by atoms with Crippen molar-refractivity contribution < 1.29 is 144 Å². The molecule has 6 aromatic heterocycles. The summed E-state index contributed by atoms with van der Waals surface area (Å²) in [6.45, 7) is 0. The molecule has 20 nitrogen and oxygen atoms in total. The number of pyridine rings is 6. The molecule has 6 aromatic carbocycles. The first-order valence-corrected chi connectivity index (χ1v) is 33.9. The van der Waals surface area contributed by atoms with Crippen molar-refractivity contribution in [2.45, 2.75) is 0 Å². The van der Waals surface area contributed by atoms with E-state index in [9.17, 15) is 59.4 Å². The van der Waals surface area contributed by atoms with Gasteiger partial charge in [-0.2, -0.15) is 0 Å². The van der Waals surface area contributed by atoms with E-state index in [1.54, 1.807) is 97.6 Å². The Kier molecular flexibility index (Phi) is 46.9. The fourth-order valence-corrected chi connectivity index (χ4v) is 9.17. The third-order valence-corrected chi connectivity index (χ3v) is 16.0. The standard InChI is InChI=1S/2C15H11N3.6C7H5IO2.2Lu.2H2O/c2*1-3-10-16-12(6-1)14-8-5-9-15(18-14)13-7-2-4-11-17-13;6*8-6-3-1-5(2-4-6)7(9)10;;;;/h2*1-11H;6*1-4H,(H,9,10);;;2*1H2/q;;;;;;;;2*+3;;/p-6. The molecular formula is C72H50I6Lu2N6O14. The zero-order valence-corrected chi connectivity index (χ0v) is 67.2. The first kappa shape index (κ1) is 91.8. The molecular weight excluding hydrogens is 2280 g/mol. The monoisotopic (exact) mass is 2330 g/mol. The third-order valence-electron chi connectivity index (χ3n) is 11.7. The molecule has 4 N–H and O–H groups in total. The van der Waals surface area contributed by atoms with Gasteiger partial charge in [-0.1, -0.05) is 109 Å². The van der Waals surface area contributed by atoms with E-state index in [2.05, 4.69) is 165 Å². The number of carboxylic acid groups (broad SMARTS) is 6. The number of rotatable bonds is 10. The smallest absolute Gasteiger partial charge is 0.545 e. The Morgan fingerprint density at radius 3 is 0.470 bits per heavy atom. The van der Waals surface area contributed by atoms with Crippen LogP contribution < -0.4 is 30.6 Å². The maximum Gasteiger partial charge on any atom is 3.00 e. The molecule has 0 atom stereocenters. The molecule has 6 heterocycles. The number of carbonyl (C=O) groups is 6. The number of aromatic carboxylic acids is 6.